The van der Waals surface area contributed by atoms with E-state index < -0.39 is 0 Å². The van der Waals surface area contributed by atoms with Gasteiger partial charge in [0.05, 0.1) is 6.61 Å². The molecule has 0 saturated heterocycles. The summed E-state index contributed by atoms with van der Waals surface area (Å²) in [5.41, 5.74) is 0. The first kappa shape index (κ1) is 6.81. The lowest BCUT2D eigenvalue weighted by atomic mass is 10.4. The normalized spacial score (nSPS) is 18.2. The first-order chi connectivity index (χ1) is 4.93. The van der Waals surface area contributed by atoms with E-state index in [1.807, 2.05) is 12.5 Å². The summed E-state index contributed by atoms with van der Waals surface area (Å²) in [5, 5.41) is 0. The first-order valence-corrected chi connectivity index (χ1v) is 3.02. The molecule has 0 unspecified atom stereocenters. The molecule has 1 aliphatic rings. The third-order valence-corrected chi connectivity index (χ3v) is 0.957. The molecule has 0 saturated carbocycles. The number of allylic oxidation sites excluding steroid dienone is 1. The Hall–Kier alpha value is -1.31. The van der Waals surface area contributed by atoms with Crippen molar-refractivity contribution in [1.29, 1.82) is 0 Å². The molecule has 1 heterocycles. The third kappa shape index (κ3) is 1.90. The van der Waals surface area contributed by atoms with Crippen LogP contribution < -0.4 is 0 Å². The van der Waals surface area contributed by atoms with E-state index in [2.05, 4.69) is 6.58 Å². The van der Waals surface area contributed by atoms with Crippen molar-refractivity contribution in [3.8, 4) is 0 Å². The molecule has 2 nitrogen and oxygen atoms in total. The molecule has 1 rings (SSSR count). The van der Waals surface area contributed by atoms with Crippen LogP contribution in [0, 0.1) is 6.42 Å². The molecule has 0 aromatic heterocycles. The predicted molar refractivity (Wildman–Crippen MR) is 38.8 cm³/mol. The Morgan fingerprint density at radius 3 is 3.30 bits per heavy atom. The van der Waals surface area contributed by atoms with E-state index in [4.69, 9.17) is 9.47 Å². The van der Waals surface area contributed by atoms with Gasteiger partial charge >= 0.3 is 0 Å². The van der Waals surface area contributed by atoms with Crippen molar-refractivity contribution in [3.63, 3.8) is 0 Å². The van der Waals surface area contributed by atoms with Gasteiger partial charge in [-0.05, 0) is 6.26 Å². The molecule has 2 heteroatoms. The van der Waals surface area contributed by atoms with Crippen LogP contribution in [-0.4, -0.2) is 6.61 Å². The maximum Gasteiger partial charge on any atom is 0.0890 e. The average molecular weight is 137 g/mol. The van der Waals surface area contributed by atoms with Crippen LogP contribution in [0.2, 0.25) is 0 Å². The molecule has 0 N–H and O–H groups in total. The number of hydrogen-bond donors (Lipinski definition) is 0. The van der Waals surface area contributed by atoms with E-state index in [9.17, 15) is 0 Å². The highest BCUT2D eigenvalue weighted by molar-refractivity contribution is 5.19. The Kier molecular flexibility index (Phi) is 2.49. The lowest BCUT2D eigenvalue weighted by molar-refractivity contribution is 0.260. The predicted octanol–water partition coefficient (Wildman–Crippen LogP) is 1.78. The van der Waals surface area contributed by atoms with Gasteiger partial charge in [-0.15, -0.1) is 12.5 Å². The molecule has 54 valence electrons. The summed E-state index contributed by atoms with van der Waals surface area (Å²) in [7, 11) is 0. The summed E-state index contributed by atoms with van der Waals surface area (Å²) in [6, 6.07) is 0. The van der Waals surface area contributed by atoms with Crippen molar-refractivity contribution in [1.82, 2.24) is 0 Å². The highest BCUT2D eigenvalue weighted by Crippen LogP contribution is 2.10. The summed E-state index contributed by atoms with van der Waals surface area (Å²) >= 11 is 0. The van der Waals surface area contributed by atoms with Gasteiger partial charge in [0.2, 0.25) is 0 Å². The van der Waals surface area contributed by atoms with Crippen molar-refractivity contribution in [2.75, 3.05) is 6.61 Å². The standard InChI is InChI=1S/C8H9O2/c1-2-5-9-7-8-4-3-6-10-8/h2-4,6-7H,1,5H2/q-1/b8-7-. The van der Waals surface area contributed by atoms with Gasteiger partial charge in [-0.3, -0.25) is 0 Å². The molecule has 0 bridgehead atoms. The Morgan fingerprint density at radius 2 is 2.70 bits per heavy atom. The van der Waals surface area contributed by atoms with Gasteiger partial charge in [0, 0.05) is 12.0 Å². The number of rotatable bonds is 3. The molecular weight excluding hydrogens is 128 g/mol. The average Bonchev–Trinajstić information content (AvgIpc) is 2.41. The van der Waals surface area contributed by atoms with Gasteiger partial charge in [-0.1, -0.05) is 12.7 Å². The fourth-order valence-electron chi connectivity index (χ4n) is 0.557. The van der Waals surface area contributed by atoms with Gasteiger partial charge in [0.25, 0.3) is 0 Å². The Bertz CT molecular complexity index is 158. The number of ether oxygens (including phenoxy) is 2. The highest BCUT2D eigenvalue weighted by atomic mass is 16.5. The van der Waals surface area contributed by atoms with E-state index in [0.29, 0.717) is 6.61 Å². The van der Waals surface area contributed by atoms with Gasteiger partial charge in [-0.2, -0.15) is 0 Å². The second kappa shape index (κ2) is 3.67. The van der Waals surface area contributed by atoms with Crippen LogP contribution in [0.1, 0.15) is 0 Å². The van der Waals surface area contributed by atoms with Gasteiger partial charge in [0.1, 0.15) is 0 Å². The molecule has 1 aliphatic heterocycles. The quantitative estimate of drug-likeness (QED) is 0.255. The zero-order valence-electron chi connectivity index (χ0n) is 5.62. The van der Waals surface area contributed by atoms with Crippen LogP contribution >= 0.6 is 0 Å². The zero-order valence-corrected chi connectivity index (χ0v) is 5.62. The molecule has 0 aliphatic carbocycles. The van der Waals surface area contributed by atoms with E-state index in [0.717, 1.165) is 5.76 Å². The van der Waals surface area contributed by atoms with Crippen molar-refractivity contribution in [2.45, 2.75) is 0 Å². The summed E-state index contributed by atoms with van der Waals surface area (Å²) in [6.07, 6.45) is 8.47. The van der Waals surface area contributed by atoms with Crippen molar-refractivity contribution in [3.05, 3.63) is 43.4 Å². The molecular formula is C8H9O2-. The lowest BCUT2D eigenvalue weighted by Crippen LogP contribution is -1.84. The SMILES string of the molecule is C=CCO/C=C1/[CH-]C=CO1. The highest BCUT2D eigenvalue weighted by Gasteiger charge is 1.89. The largest absolute Gasteiger partial charge is 0.550 e. The van der Waals surface area contributed by atoms with Crippen LogP contribution in [0.15, 0.2) is 37.0 Å². The maximum absolute atomic E-state index is 4.99. The monoisotopic (exact) mass is 137 g/mol. The van der Waals surface area contributed by atoms with Crippen molar-refractivity contribution >= 4 is 0 Å². The van der Waals surface area contributed by atoms with Gasteiger partial charge in [-0.25, -0.2) is 0 Å². The topological polar surface area (TPSA) is 18.5 Å². The van der Waals surface area contributed by atoms with E-state index in [1.54, 1.807) is 18.6 Å². The van der Waals surface area contributed by atoms with Crippen molar-refractivity contribution < 1.29 is 9.47 Å². The van der Waals surface area contributed by atoms with Crippen LogP contribution in [0.5, 0.6) is 0 Å². The Labute approximate surface area is 60.4 Å². The summed E-state index contributed by atoms with van der Waals surface area (Å²) in [4.78, 5) is 0. The minimum absolute atomic E-state index is 0.515. The molecule has 10 heavy (non-hydrogen) atoms. The van der Waals surface area contributed by atoms with Gasteiger partial charge in [0.15, 0.2) is 0 Å². The molecule has 0 spiro atoms. The van der Waals surface area contributed by atoms with Crippen LogP contribution in [0.3, 0.4) is 0 Å². The fourth-order valence-corrected chi connectivity index (χ4v) is 0.557. The minimum atomic E-state index is 0.515. The van der Waals surface area contributed by atoms with Crippen LogP contribution in [0.4, 0.5) is 0 Å². The van der Waals surface area contributed by atoms with Crippen molar-refractivity contribution in [2.24, 2.45) is 0 Å². The fraction of sp³-hybridized carbons (Fsp3) is 0.125. The maximum atomic E-state index is 4.99. The minimum Gasteiger partial charge on any atom is -0.550 e. The Balaban J connectivity index is 2.20. The van der Waals surface area contributed by atoms with E-state index in [1.165, 1.54) is 0 Å². The van der Waals surface area contributed by atoms with Gasteiger partial charge < -0.3 is 9.47 Å². The molecule has 0 radical (unpaired) electrons. The summed E-state index contributed by atoms with van der Waals surface area (Å²) in [5.74, 6) is 0.724. The first-order valence-electron chi connectivity index (χ1n) is 3.02. The van der Waals surface area contributed by atoms with Crippen LogP contribution in [0.25, 0.3) is 0 Å². The Morgan fingerprint density at radius 1 is 1.80 bits per heavy atom. The van der Waals surface area contributed by atoms with Crippen LogP contribution in [-0.2, 0) is 9.47 Å². The second-order valence-electron chi connectivity index (χ2n) is 1.76. The molecule has 0 amide bonds. The smallest absolute Gasteiger partial charge is 0.0890 e. The molecule has 0 fully saturated rings. The summed E-state index contributed by atoms with van der Waals surface area (Å²) < 4.78 is 9.96. The third-order valence-electron chi connectivity index (χ3n) is 0.957. The zero-order chi connectivity index (χ0) is 7.23. The molecule has 0 aromatic carbocycles. The summed E-state index contributed by atoms with van der Waals surface area (Å²) in [6.45, 7) is 4.02. The van der Waals surface area contributed by atoms with E-state index >= 15 is 0 Å². The lowest BCUT2D eigenvalue weighted by Gasteiger charge is -2.05. The molecule has 0 aromatic rings. The molecule has 0 atom stereocenters. The number of hydrogen-bond acceptors (Lipinski definition) is 2. The second-order valence-corrected chi connectivity index (χ2v) is 1.76. The van der Waals surface area contributed by atoms with E-state index in [-0.39, 0.29) is 0 Å².